The Morgan fingerprint density at radius 2 is 2.31 bits per heavy atom. The van der Waals surface area contributed by atoms with Crippen molar-refractivity contribution < 1.29 is 0 Å². The second-order valence-corrected chi connectivity index (χ2v) is 3.73. The molecule has 2 nitrogen and oxygen atoms in total. The van der Waals surface area contributed by atoms with Crippen LogP contribution in [0.5, 0.6) is 0 Å². The van der Waals surface area contributed by atoms with Crippen LogP contribution in [0.1, 0.15) is 5.56 Å². The predicted molar refractivity (Wildman–Crippen MR) is 56.7 cm³/mol. The second-order valence-electron chi connectivity index (χ2n) is 2.95. The average Bonchev–Trinajstić information content (AvgIpc) is 2.56. The van der Waals surface area contributed by atoms with Gasteiger partial charge in [0.25, 0.3) is 0 Å². The standard InChI is InChI=1S/C10H10N2S/c1-7-4-9(11)5-12-10(7)8-2-3-13-6-8/h2-6H,11H2,1H3. The number of hydrogen-bond donors (Lipinski definition) is 1. The topological polar surface area (TPSA) is 38.9 Å². The second kappa shape index (κ2) is 3.18. The summed E-state index contributed by atoms with van der Waals surface area (Å²) in [5, 5.41) is 4.14. The summed E-state index contributed by atoms with van der Waals surface area (Å²) in [6.45, 7) is 2.02. The number of rotatable bonds is 1. The maximum atomic E-state index is 5.62. The number of aromatic nitrogens is 1. The van der Waals surface area contributed by atoms with Crippen LogP contribution >= 0.6 is 11.3 Å². The van der Waals surface area contributed by atoms with Crippen LogP contribution in [-0.2, 0) is 0 Å². The quantitative estimate of drug-likeness (QED) is 0.751. The Hall–Kier alpha value is -1.35. The molecule has 0 bridgehead atoms. The van der Waals surface area contributed by atoms with E-state index in [-0.39, 0.29) is 0 Å². The highest BCUT2D eigenvalue weighted by atomic mass is 32.1. The van der Waals surface area contributed by atoms with Gasteiger partial charge in [0.1, 0.15) is 0 Å². The first-order valence-corrected chi connectivity index (χ1v) is 4.96. The number of nitrogens with zero attached hydrogens (tertiary/aromatic N) is 1. The predicted octanol–water partition coefficient (Wildman–Crippen LogP) is 2.70. The maximum absolute atomic E-state index is 5.62. The summed E-state index contributed by atoms with van der Waals surface area (Å²) in [4.78, 5) is 4.30. The molecule has 2 aromatic rings. The monoisotopic (exact) mass is 190 g/mol. The van der Waals surface area contributed by atoms with Gasteiger partial charge in [0, 0.05) is 10.9 Å². The van der Waals surface area contributed by atoms with Gasteiger partial charge in [0.05, 0.1) is 17.6 Å². The maximum Gasteiger partial charge on any atom is 0.0741 e. The Morgan fingerprint density at radius 1 is 1.46 bits per heavy atom. The van der Waals surface area contributed by atoms with Gasteiger partial charge in [-0.1, -0.05) is 0 Å². The Balaban J connectivity index is 2.53. The SMILES string of the molecule is Cc1cc(N)cnc1-c1ccsc1. The third-order valence-electron chi connectivity index (χ3n) is 1.89. The summed E-state index contributed by atoms with van der Waals surface area (Å²) in [5.74, 6) is 0. The number of anilines is 1. The molecular formula is C10H10N2S. The van der Waals surface area contributed by atoms with Crippen molar-refractivity contribution in [2.75, 3.05) is 5.73 Å². The van der Waals surface area contributed by atoms with Crippen LogP contribution in [0.25, 0.3) is 11.3 Å². The molecule has 0 atom stereocenters. The van der Waals surface area contributed by atoms with Crippen LogP contribution in [0, 0.1) is 6.92 Å². The minimum absolute atomic E-state index is 0.719. The van der Waals surface area contributed by atoms with Gasteiger partial charge in [-0.2, -0.15) is 11.3 Å². The van der Waals surface area contributed by atoms with E-state index in [1.54, 1.807) is 17.5 Å². The Labute approximate surface area is 81.1 Å². The highest BCUT2D eigenvalue weighted by molar-refractivity contribution is 7.08. The van der Waals surface area contributed by atoms with E-state index in [9.17, 15) is 0 Å². The van der Waals surface area contributed by atoms with Crippen LogP contribution in [0.3, 0.4) is 0 Å². The lowest BCUT2D eigenvalue weighted by molar-refractivity contribution is 1.28. The largest absolute Gasteiger partial charge is 0.397 e. The van der Waals surface area contributed by atoms with Crippen molar-refractivity contribution >= 4 is 17.0 Å². The van der Waals surface area contributed by atoms with Crippen molar-refractivity contribution in [2.24, 2.45) is 0 Å². The molecule has 0 aromatic carbocycles. The van der Waals surface area contributed by atoms with Crippen LogP contribution in [0.4, 0.5) is 5.69 Å². The lowest BCUT2D eigenvalue weighted by Gasteiger charge is -2.02. The highest BCUT2D eigenvalue weighted by Gasteiger charge is 2.03. The van der Waals surface area contributed by atoms with E-state index < -0.39 is 0 Å². The fourth-order valence-corrected chi connectivity index (χ4v) is 1.94. The van der Waals surface area contributed by atoms with Crippen molar-refractivity contribution in [1.29, 1.82) is 0 Å². The molecule has 13 heavy (non-hydrogen) atoms. The molecule has 2 aromatic heterocycles. The summed E-state index contributed by atoms with van der Waals surface area (Å²) in [6, 6.07) is 4.01. The molecule has 0 saturated carbocycles. The molecule has 0 saturated heterocycles. The average molecular weight is 190 g/mol. The molecule has 2 N–H and O–H groups in total. The van der Waals surface area contributed by atoms with Crippen LogP contribution in [-0.4, -0.2) is 4.98 Å². The Kier molecular flexibility index (Phi) is 2.02. The van der Waals surface area contributed by atoms with E-state index in [0.717, 1.165) is 16.9 Å². The normalized spacial score (nSPS) is 10.2. The lowest BCUT2D eigenvalue weighted by Crippen LogP contribution is -1.91. The van der Waals surface area contributed by atoms with Crippen molar-refractivity contribution in [3.05, 3.63) is 34.7 Å². The molecule has 0 aliphatic rings. The third-order valence-corrected chi connectivity index (χ3v) is 2.58. The van der Waals surface area contributed by atoms with E-state index in [4.69, 9.17) is 5.73 Å². The molecule has 2 rings (SSSR count). The van der Waals surface area contributed by atoms with Gasteiger partial charge in [-0.15, -0.1) is 0 Å². The molecule has 0 radical (unpaired) electrons. The van der Waals surface area contributed by atoms with Gasteiger partial charge in [0.15, 0.2) is 0 Å². The molecule has 0 fully saturated rings. The smallest absolute Gasteiger partial charge is 0.0741 e. The van der Waals surface area contributed by atoms with Crippen LogP contribution in [0.15, 0.2) is 29.1 Å². The van der Waals surface area contributed by atoms with E-state index in [2.05, 4.69) is 16.4 Å². The number of hydrogen-bond acceptors (Lipinski definition) is 3. The first-order chi connectivity index (χ1) is 6.27. The number of pyridine rings is 1. The highest BCUT2D eigenvalue weighted by Crippen LogP contribution is 2.23. The summed E-state index contributed by atoms with van der Waals surface area (Å²) in [7, 11) is 0. The Morgan fingerprint density at radius 3 is 2.92 bits per heavy atom. The zero-order valence-electron chi connectivity index (χ0n) is 7.32. The van der Waals surface area contributed by atoms with E-state index in [0.29, 0.717) is 0 Å². The zero-order chi connectivity index (χ0) is 9.26. The van der Waals surface area contributed by atoms with E-state index >= 15 is 0 Å². The molecule has 2 heterocycles. The fraction of sp³-hybridized carbons (Fsp3) is 0.100. The molecule has 0 unspecified atom stereocenters. The fourth-order valence-electron chi connectivity index (χ4n) is 1.30. The minimum atomic E-state index is 0.719. The van der Waals surface area contributed by atoms with Crippen molar-refractivity contribution in [2.45, 2.75) is 6.92 Å². The number of aryl methyl sites for hydroxylation is 1. The first-order valence-electron chi connectivity index (χ1n) is 4.02. The molecule has 3 heteroatoms. The minimum Gasteiger partial charge on any atom is -0.397 e. The molecule has 0 amide bonds. The van der Waals surface area contributed by atoms with Gasteiger partial charge in [-0.25, -0.2) is 0 Å². The van der Waals surface area contributed by atoms with Gasteiger partial charge in [0.2, 0.25) is 0 Å². The summed E-state index contributed by atoms with van der Waals surface area (Å²) >= 11 is 1.68. The summed E-state index contributed by atoms with van der Waals surface area (Å²) in [5.41, 5.74) is 9.66. The molecule has 66 valence electrons. The van der Waals surface area contributed by atoms with Gasteiger partial charge in [-0.3, -0.25) is 4.98 Å². The van der Waals surface area contributed by atoms with Crippen molar-refractivity contribution in [3.63, 3.8) is 0 Å². The molecule has 0 aliphatic heterocycles. The van der Waals surface area contributed by atoms with Crippen molar-refractivity contribution in [1.82, 2.24) is 4.98 Å². The van der Waals surface area contributed by atoms with E-state index in [1.165, 1.54) is 5.56 Å². The van der Waals surface area contributed by atoms with E-state index in [1.807, 2.05) is 18.4 Å². The number of nitrogen functional groups attached to an aromatic ring is 1. The van der Waals surface area contributed by atoms with Gasteiger partial charge < -0.3 is 5.73 Å². The van der Waals surface area contributed by atoms with Crippen molar-refractivity contribution in [3.8, 4) is 11.3 Å². The van der Waals surface area contributed by atoms with Gasteiger partial charge in [-0.05, 0) is 30.0 Å². The molecular weight excluding hydrogens is 180 g/mol. The first kappa shape index (κ1) is 8.26. The Bertz CT molecular complexity index is 407. The summed E-state index contributed by atoms with van der Waals surface area (Å²) in [6.07, 6.45) is 1.69. The lowest BCUT2D eigenvalue weighted by atomic mass is 10.1. The number of thiophene rings is 1. The van der Waals surface area contributed by atoms with Crippen LogP contribution in [0.2, 0.25) is 0 Å². The molecule has 0 aliphatic carbocycles. The summed E-state index contributed by atoms with van der Waals surface area (Å²) < 4.78 is 0. The molecule has 0 spiro atoms. The van der Waals surface area contributed by atoms with Gasteiger partial charge >= 0.3 is 0 Å². The number of nitrogens with two attached hydrogens (primary N) is 1. The zero-order valence-corrected chi connectivity index (χ0v) is 8.14. The third kappa shape index (κ3) is 1.55. The van der Waals surface area contributed by atoms with Crippen LogP contribution < -0.4 is 5.73 Å².